The number of rotatable bonds is 2. The van der Waals surface area contributed by atoms with E-state index in [9.17, 15) is 4.39 Å². The lowest BCUT2D eigenvalue weighted by atomic mass is 10.1. The van der Waals surface area contributed by atoms with E-state index >= 15 is 0 Å². The van der Waals surface area contributed by atoms with Crippen LogP contribution in [-0.2, 0) is 0 Å². The average molecular weight is 170 g/mol. The van der Waals surface area contributed by atoms with Crippen LogP contribution in [0.15, 0.2) is 24.3 Å². The Labute approximate surface area is 71.8 Å². The van der Waals surface area contributed by atoms with E-state index in [0.29, 0.717) is 0 Å². The van der Waals surface area contributed by atoms with Crippen LogP contribution in [-0.4, -0.2) is 0 Å². The number of halogens is 1. The summed E-state index contributed by atoms with van der Waals surface area (Å²) in [5.41, 5.74) is 1.08. The zero-order chi connectivity index (χ0) is 8.27. The first kappa shape index (κ1) is 8.60. The molecule has 0 nitrogen and oxygen atoms in total. The standard InChI is InChI=1S/C9H11FS/c1-2-9(11)7-3-5-8(10)6-4-7/h3-6,9,11H,2H2,1H3. The topological polar surface area (TPSA) is 0 Å². The Kier molecular flexibility index (Phi) is 2.94. The van der Waals surface area contributed by atoms with Gasteiger partial charge in [-0.05, 0) is 24.1 Å². The molecule has 0 aliphatic heterocycles. The molecule has 0 heterocycles. The molecule has 0 aliphatic rings. The van der Waals surface area contributed by atoms with Crippen molar-refractivity contribution in [1.29, 1.82) is 0 Å². The third-order valence-corrected chi connectivity index (χ3v) is 2.30. The number of hydrogen-bond acceptors (Lipinski definition) is 1. The maximum absolute atomic E-state index is 12.4. The number of hydrogen-bond donors (Lipinski definition) is 1. The molecular weight excluding hydrogens is 159 g/mol. The predicted octanol–water partition coefficient (Wildman–Crippen LogP) is 3.21. The van der Waals surface area contributed by atoms with E-state index in [2.05, 4.69) is 19.6 Å². The van der Waals surface area contributed by atoms with E-state index in [1.54, 1.807) is 12.1 Å². The summed E-state index contributed by atoms with van der Waals surface area (Å²) in [6.07, 6.45) is 0.967. The number of benzene rings is 1. The minimum Gasteiger partial charge on any atom is -0.207 e. The lowest BCUT2D eigenvalue weighted by Crippen LogP contribution is -1.87. The summed E-state index contributed by atoms with van der Waals surface area (Å²) in [5, 5.41) is 0.232. The Hall–Kier alpha value is -0.500. The molecule has 0 saturated heterocycles. The first-order valence-corrected chi connectivity index (χ1v) is 4.19. The Morgan fingerprint density at radius 3 is 2.36 bits per heavy atom. The molecule has 0 radical (unpaired) electrons. The maximum Gasteiger partial charge on any atom is 0.123 e. The van der Waals surface area contributed by atoms with Crippen molar-refractivity contribution in [2.45, 2.75) is 18.6 Å². The Bertz CT molecular complexity index is 218. The molecule has 11 heavy (non-hydrogen) atoms. The molecule has 0 aromatic heterocycles. The molecule has 2 heteroatoms. The molecule has 1 rings (SSSR count). The molecule has 0 N–H and O–H groups in total. The molecular formula is C9H11FS. The molecule has 0 saturated carbocycles. The zero-order valence-electron chi connectivity index (χ0n) is 6.42. The third-order valence-electron chi connectivity index (χ3n) is 1.64. The monoisotopic (exact) mass is 170 g/mol. The van der Waals surface area contributed by atoms with Crippen LogP contribution in [0.1, 0.15) is 24.2 Å². The molecule has 1 atom stereocenters. The van der Waals surface area contributed by atoms with Crippen molar-refractivity contribution in [3.05, 3.63) is 35.6 Å². The Morgan fingerprint density at radius 1 is 1.36 bits per heavy atom. The van der Waals surface area contributed by atoms with Crippen molar-refractivity contribution in [3.8, 4) is 0 Å². The summed E-state index contributed by atoms with van der Waals surface area (Å²) in [6, 6.07) is 6.48. The van der Waals surface area contributed by atoms with E-state index in [-0.39, 0.29) is 11.1 Å². The Morgan fingerprint density at radius 2 is 1.91 bits per heavy atom. The summed E-state index contributed by atoms with van der Waals surface area (Å²) >= 11 is 4.33. The highest BCUT2D eigenvalue weighted by Gasteiger charge is 2.01. The van der Waals surface area contributed by atoms with E-state index in [4.69, 9.17) is 0 Å². The van der Waals surface area contributed by atoms with E-state index in [0.717, 1.165) is 12.0 Å². The van der Waals surface area contributed by atoms with Gasteiger partial charge in [-0.15, -0.1) is 0 Å². The van der Waals surface area contributed by atoms with E-state index in [1.807, 2.05) is 0 Å². The van der Waals surface area contributed by atoms with Gasteiger partial charge in [0, 0.05) is 5.25 Å². The molecule has 1 unspecified atom stereocenters. The molecule has 0 spiro atoms. The second-order valence-corrected chi connectivity index (χ2v) is 3.10. The van der Waals surface area contributed by atoms with Gasteiger partial charge in [-0.25, -0.2) is 4.39 Å². The largest absolute Gasteiger partial charge is 0.207 e. The van der Waals surface area contributed by atoms with Gasteiger partial charge in [-0.1, -0.05) is 19.1 Å². The average Bonchev–Trinajstić information content (AvgIpc) is 2.05. The van der Waals surface area contributed by atoms with Gasteiger partial charge in [0.2, 0.25) is 0 Å². The van der Waals surface area contributed by atoms with E-state index in [1.165, 1.54) is 12.1 Å². The second-order valence-electron chi connectivity index (χ2n) is 2.48. The summed E-state index contributed by atoms with van der Waals surface area (Å²) in [5.74, 6) is -0.189. The summed E-state index contributed by atoms with van der Waals surface area (Å²) < 4.78 is 12.4. The zero-order valence-corrected chi connectivity index (χ0v) is 7.31. The normalized spacial score (nSPS) is 13.0. The van der Waals surface area contributed by atoms with Gasteiger partial charge in [0.25, 0.3) is 0 Å². The lowest BCUT2D eigenvalue weighted by molar-refractivity contribution is 0.626. The summed E-state index contributed by atoms with van der Waals surface area (Å²) in [7, 11) is 0. The highest BCUT2D eigenvalue weighted by molar-refractivity contribution is 7.80. The fourth-order valence-corrected chi connectivity index (χ4v) is 1.09. The van der Waals surface area contributed by atoms with Gasteiger partial charge in [0.05, 0.1) is 0 Å². The minimum absolute atomic E-state index is 0.189. The van der Waals surface area contributed by atoms with E-state index < -0.39 is 0 Å². The maximum atomic E-state index is 12.4. The Balaban J connectivity index is 2.81. The van der Waals surface area contributed by atoms with Crippen molar-refractivity contribution < 1.29 is 4.39 Å². The van der Waals surface area contributed by atoms with Crippen molar-refractivity contribution >= 4 is 12.6 Å². The fraction of sp³-hybridized carbons (Fsp3) is 0.333. The number of thiol groups is 1. The van der Waals surface area contributed by atoms with Gasteiger partial charge < -0.3 is 0 Å². The van der Waals surface area contributed by atoms with Gasteiger partial charge >= 0.3 is 0 Å². The van der Waals surface area contributed by atoms with Gasteiger partial charge in [0.1, 0.15) is 5.82 Å². The third kappa shape index (κ3) is 2.22. The van der Waals surface area contributed by atoms with Crippen LogP contribution in [0.5, 0.6) is 0 Å². The smallest absolute Gasteiger partial charge is 0.123 e. The van der Waals surface area contributed by atoms with Gasteiger partial charge in [-0.3, -0.25) is 0 Å². The highest BCUT2D eigenvalue weighted by Crippen LogP contribution is 2.22. The van der Waals surface area contributed by atoms with Crippen molar-refractivity contribution in [2.24, 2.45) is 0 Å². The van der Waals surface area contributed by atoms with Crippen LogP contribution < -0.4 is 0 Å². The lowest BCUT2D eigenvalue weighted by Gasteiger charge is -2.06. The van der Waals surface area contributed by atoms with Crippen LogP contribution in [0.25, 0.3) is 0 Å². The second kappa shape index (κ2) is 3.77. The summed E-state index contributed by atoms with van der Waals surface area (Å²) in [6.45, 7) is 2.06. The molecule has 0 bridgehead atoms. The van der Waals surface area contributed by atoms with Crippen molar-refractivity contribution in [3.63, 3.8) is 0 Å². The molecule has 0 aliphatic carbocycles. The van der Waals surface area contributed by atoms with Gasteiger partial charge in [0.15, 0.2) is 0 Å². The SMILES string of the molecule is CCC(S)c1ccc(F)cc1. The molecule has 60 valence electrons. The van der Waals surface area contributed by atoms with Gasteiger partial charge in [-0.2, -0.15) is 12.6 Å². The highest BCUT2D eigenvalue weighted by atomic mass is 32.1. The summed E-state index contributed by atoms with van der Waals surface area (Å²) in [4.78, 5) is 0. The predicted molar refractivity (Wildman–Crippen MR) is 48.4 cm³/mol. The minimum atomic E-state index is -0.189. The van der Waals surface area contributed by atoms with Crippen LogP contribution >= 0.6 is 12.6 Å². The van der Waals surface area contributed by atoms with Crippen molar-refractivity contribution in [1.82, 2.24) is 0 Å². The molecule has 0 fully saturated rings. The molecule has 0 amide bonds. The first-order valence-electron chi connectivity index (χ1n) is 3.67. The first-order chi connectivity index (χ1) is 5.24. The van der Waals surface area contributed by atoms with Crippen LogP contribution in [0.4, 0.5) is 4.39 Å². The van der Waals surface area contributed by atoms with Crippen molar-refractivity contribution in [2.75, 3.05) is 0 Å². The van der Waals surface area contributed by atoms with Crippen LogP contribution in [0.3, 0.4) is 0 Å². The molecule has 1 aromatic carbocycles. The van der Waals surface area contributed by atoms with Crippen LogP contribution in [0, 0.1) is 5.82 Å². The quantitative estimate of drug-likeness (QED) is 0.647. The van der Waals surface area contributed by atoms with Crippen LogP contribution in [0.2, 0.25) is 0 Å². The molecule has 1 aromatic rings. The fourth-order valence-electron chi connectivity index (χ4n) is 0.921.